The summed E-state index contributed by atoms with van der Waals surface area (Å²) in [5, 5.41) is 6.59. The standard InChI is InChI=1S/C13H19N3O3/c1-7-11(9(3)19-15-7)8(2)16-6-10(17)14-13(4,5)12(16)18/h8H,6H2,1-5H3,(H,14,17). The summed E-state index contributed by atoms with van der Waals surface area (Å²) in [5.74, 6) is 0.435. The molecule has 0 aromatic carbocycles. The van der Waals surface area contributed by atoms with Crippen molar-refractivity contribution >= 4 is 11.8 Å². The highest BCUT2D eigenvalue weighted by Gasteiger charge is 2.42. The minimum absolute atomic E-state index is 0.0630. The molecule has 6 nitrogen and oxygen atoms in total. The van der Waals surface area contributed by atoms with Gasteiger partial charge in [-0.3, -0.25) is 9.59 Å². The quantitative estimate of drug-likeness (QED) is 0.868. The lowest BCUT2D eigenvalue weighted by molar-refractivity contribution is -0.150. The maximum absolute atomic E-state index is 12.4. The smallest absolute Gasteiger partial charge is 0.248 e. The largest absolute Gasteiger partial charge is 0.361 e. The van der Waals surface area contributed by atoms with Gasteiger partial charge in [-0.1, -0.05) is 5.16 Å². The Morgan fingerprint density at radius 3 is 2.53 bits per heavy atom. The molecule has 1 aromatic rings. The molecule has 1 fully saturated rings. The normalized spacial score (nSPS) is 20.4. The van der Waals surface area contributed by atoms with Crippen molar-refractivity contribution in [2.75, 3.05) is 6.54 Å². The van der Waals surface area contributed by atoms with Gasteiger partial charge in [0.15, 0.2) is 0 Å². The zero-order valence-electron chi connectivity index (χ0n) is 11.9. The van der Waals surface area contributed by atoms with Crippen molar-refractivity contribution in [3.63, 3.8) is 0 Å². The van der Waals surface area contributed by atoms with Crippen LogP contribution in [0.2, 0.25) is 0 Å². The molecule has 104 valence electrons. The number of aryl methyl sites for hydroxylation is 2. The monoisotopic (exact) mass is 265 g/mol. The van der Waals surface area contributed by atoms with E-state index >= 15 is 0 Å². The highest BCUT2D eigenvalue weighted by molar-refractivity contribution is 5.97. The first-order valence-corrected chi connectivity index (χ1v) is 6.29. The first-order chi connectivity index (χ1) is 8.74. The van der Waals surface area contributed by atoms with Crippen LogP contribution in [0.3, 0.4) is 0 Å². The third-order valence-corrected chi connectivity index (χ3v) is 3.54. The van der Waals surface area contributed by atoms with Crippen LogP contribution in [0.4, 0.5) is 0 Å². The Balaban J connectivity index is 2.35. The van der Waals surface area contributed by atoms with E-state index in [-0.39, 0.29) is 24.4 Å². The van der Waals surface area contributed by atoms with Crippen LogP contribution >= 0.6 is 0 Å². The molecular weight excluding hydrogens is 246 g/mol. The van der Waals surface area contributed by atoms with Crippen molar-refractivity contribution in [1.82, 2.24) is 15.4 Å². The molecule has 1 unspecified atom stereocenters. The maximum Gasteiger partial charge on any atom is 0.248 e. The van der Waals surface area contributed by atoms with Crippen LogP contribution in [0.25, 0.3) is 0 Å². The van der Waals surface area contributed by atoms with Crippen molar-refractivity contribution in [2.24, 2.45) is 0 Å². The lowest BCUT2D eigenvalue weighted by Crippen LogP contribution is -2.64. The second-order valence-corrected chi connectivity index (χ2v) is 5.52. The van der Waals surface area contributed by atoms with Gasteiger partial charge in [0.05, 0.1) is 11.7 Å². The fraction of sp³-hybridized carbons (Fsp3) is 0.615. The molecule has 0 radical (unpaired) electrons. The molecule has 1 saturated heterocycles. The summed E-state index contributed by atoms with van der Waals surface area (Å²) >= 11 is 0. The molecule has 19 heavy (non-hydrogen) atoms. The number of carbonyl (C=O) groups excluding carboxylic acids is 2. The van der Waals surface area contributed by atoms with Crippen molar-refractivity contribution in [3.05, 3.63) is 17.0 Å². The molecule has 0 aliphatic carbocycles. The first-order valence-electron chi connectivity index (χ1n) is 6.29. The number of aromatic nitrogens is 1. The summed E-state index contributed by atoms with van der Waals surface area (Å²) in [6.07, 6.45) is 0. The van der Waals surface area contributed by atoms with Gasteiger partial charge in [0.2, 0.25) is 11.8 Å². The number of amides is 2. The number of piperazine rings is 1. The molecule has 0 bridgehead atoms. The van der Waals surface area contributed by atoms with Crippen LogP contribution in [0.15, 0.2) is 4.52 Å². The van der Waals surface area contributed by atoms with Gasteiger partial charge in [-0.05, 0) is 34.6 Å². The highest BCUT2D eigenvalue weighted by Crippen LogP contribution is 2.29. The van der Waals surface area contributed by atoms with Crippen LogP contribution in [0.5, 0.6) is 0 Å². The van der Waals surface area contributed by atoms with E-state index in [2.05, 4.69) is 10.5 Å². The molecule has 2 heterocycles. The zero-order chi connectivity index (χ0) is 14.4. The highest BCUT2D eigenvalue weighted by atomic mass is 16.5. The summed E-state index contributed by atoms with van der Waals surface area (Å²) in [5.41, 5.74) is 0.753. The Labute approximate surface area is 112 Å². The van der Waals surface area contributed by atoms with E-state index in [1.54, 1.807) is 18.7 Å². The van der Waals surface area contributed by atoms with E-state index in [1.807, 2.05) is 20.8 Å². The Morgan fingerprint density at radius 1 is 1.37 bits per heavy atom. The predicted molar refractivity (Wildman–Crippen MR) is 68.3 cm³/mol. The van der Waals surface area contributed by atoms with Gasteiger partial charge in [-0.25, -0.2) is 0 Å². The van der Waals surface area contributed by atoms with E-state index in [0.29, 0.717) is 5.76 Å². The molecule has 1 aliphatic heterocycles. The van der Waals surface area contributed by atoms with Crippen LogP contribution < -0.4 is 5.32 Å². The SMILES string of the molecule is Cc1noc(C)c1C(C)N1CC(=O)NC(C)(C)C1=O. The number of nitrogens with zero attached hydrogens (tertiary/aromatic N) is 2. The van der Waals surface area contributed by atoms with Gasteiger partial charge in [0, 0.05) is 5.56 Å². The van der Waals surface area contributed by atoms with E-state index in [0.717, 1.165) is 11.3 Å². The molecule has 1 N–H and O–H groups in total. The molecule has 0 spiro atoms. The van der Waals surface area contributed by atoms with Gasteiger partial charge >= 0.3 is 0 Å². The number of rotatable bonds is 2. The molecule has 2 rings (SSSR count). The maximum atomic E-state index is 12.4. The Bertz CT molecular complexity index is 514. The molecule has 6 heteroatoms. The van der Waals surface area contributed by atoms with Gasteiger partial charge in [0.1, 0.15) is 17.8 Å². The summed E-state index contributed by atoms with van der Waals surface area (Å²) < 4.78 is 5.13. The summed E-state index contributed by atoms with van der Waals surface area (Å²) in [4.78, 5) is 25.7. The lowest BCUT2D eigenvalue weighted by Gasteiger charge is -2.40. The molecule has 1 aromatic heterocycles. The van der Waals surface area contributed by atoms with Crippen LogP contribution in [0, 0.1) is 13.8 Å². The Morgan fingerprint density at radius 2 is 2.00 bits per heavy atom. The third kappa shape index (κ3) is 2.22. The molecule has 1 atom stereocenters. The number of carbonyl (C=O) groups is 2. The van der Waals surface area contributed by atoms with Gasteiger partial charge in [-0.2, -0.15) is 0 Å². The van der Waals surface area contributed by atoms with Gasteiger partial charge < -0.3 is 14.7 Å². The fourth-order valence-corrected chi connectivity index (χ4v) is 2.58. The average molecular weight is 265 g/mol. The van der Waals surface area contributed by atoms with E-state index in [4.69, 9.17) is 4.52 Å². The van der Waals surface area contributed by atoms with Gasteiger partial charge in [0.25, 0.3) is 0 Å². The van der Waals surface area contributed by atoms with E-state index in [1.165, 1.54) is 0 Å². The number of hydrogen-bond donors (Lipinski definition) is 1. The first kappa shape index (κ1) is 13.6. The number of hydrogen-bond acceptors (Lipinski definition) is 4. The third-order valence-electron chi connectivity index (χ3n) is 3.54. The van der Waals surface area contributed by atoms with E-state index in [9.17, 15) is 9.59 Å². The van der Waals surface area contributed by atoms with Crippen molar-refractivity contribution in [3.8, 4) is 0 Å². The van der Waals surface area contributed by atoms with Crippen LogP contribution in [0.1, 0.15) is 43.8 Å². The summed E-state index contributed by atoms with van der Waals surface area (Å²) in [6.45, 7) is 9.01. The minimum Gasteiger partial charge on any atom is -0.361 e. The second kappa shape index (κ2) is 4.36. The van der Waals surface area contributed by atoms with E-state index < -0.39 is 5.54 Å². The molecule has 1 aliphatic rings. The minimum atomic E-state index is -0.872. The zero-order valence-corrected chi connectivity index (χ0v) is 11.9. The lowest BCUT2D eigenvalue weighted by atomic mass is 9.96. The Kier molecular flexibility index (Phi) is 3.12. The second-order valence-electron chi connectivity index (χ2n) is 5.52. The van der Waals surface area contributed by atoms with Crippen LogP contribution in [-0.4, -0.2) is 34.0 Å². The van der Waals surface area contributed by atoms with Crippen molar-refractivity contribution in [1.29, 1.82) is 0 Å². The average Bonchev–Trinajstić information content (AvgIpc) is 2.62. The molecular formula is C13H19N3O3. The van der Waals surface area contributed by atoms with Gasteiger partial charge in [-0.15, -0.1) is 0 Å². The fourth-order valence-electron chi connectivity index (χ4n) is 2.58. The van der Waals surface area contributed by atoms with Crippen molar-refractivity contribution < 1.29 is 14.1 Å². The van der Waals surface area contributed by atoms with Crippen molar-refractivity contribution in [2.45, 2.75) is 46.2 Å². The number of nitrogens with one attached hydrogen (secondary N) is 1. The Hall–Kier alpha value is -1.85. The predicted octanol–water partition coefficient (Wildman–Crippen LogP) is 1.09. The summed E-state index contributed by atoms with van der Waals surface area (Å²) in [6, 6.07) is -0.232. The molecule has 2 amide bonds. The summed E-state index contributed by atoms with van der Waals surface area (Å²) in [7, 11) is 0. The molecule has 0 saturated carbocycles. The van der Waals surface area contributed by atoms with Crippen LogP contribution in [-0.2, 0) is 9.59 Å². The topological polar surface area (TPSA) is 75.4 Å².